The summed E-state index contributed by atoms with van der Waals surface area (Å²) < 4.78 is 14.7. The second-order valence-corrected chi connectivity index (χ2v) is 4.27. The third kappa shape index (κ3) is 1.77. The highest BCUT2D eigenvalue weighted by Gasteiger charge is 2.19. The van der Waals surface area contributed by atoms with Gasteiger partial charge >= 0.3 is 0 Å². The van der Waals surface area contributed by atoms with Crippen LogP contribution < -0.4 is 5.32 Å². The summed E-state index contributed by atoms with van der Waals surface area (Å²) in [5.41, 5.74) is 0.835. The fourth-order valence-corrected chi connectivity index (χ4v) is 1.99. The number of aromatic nitrogens is 3. The van der Waals surface area contributed by atoms with Crippen LogP contribution in [0.2, 0.25) is 0 Å². The lowest BCUT2D eigenvalue weighted by Crippen LogP contribution is -2.21. The second kappa shape index (κ2) is 3.84. The molecular formula is C12H13FN4. The van der Waals surface area contributed by atoms with Gasteiger partial charge in [-0.25, -0.2) is 9.07 Å². The molecule has 1 aromatic carbocycles. The monoisotopic (exact) mass is 232 g/mol. The maximum Gasteiger partial charge on any atom is 0.221 e. The lowest BCUT2D eigenvalue weighted by Gasteiger charge is -2.20. The average Bonchev–Trinajstić information content (AvgIpc) is 2.75. The molecule has 1 atom stereocenters. The van der Waals surface area contributed by atoms with Crippen LogP contribution >= 0.6 is 0 Å². The van der Waals surface area contributed by atoms with Crippen molar-refractivity contribution in [1.82, 2.24) is 14.8 Å². The van der Waals surface area contributed by atoms with Gasteiger partial charge in [0.2, 0.25) is 5.95 Å². The number of nitrogens with one attached hydrogen (secondary N) is 1. The number of fused-ring (bicyclic) bond motifs is 1. The highest BCUT2D eigenvalue weighted by Crippen LogP contribution is 2.25. The Morgan fingerprint density at radius 1 is 1.35 bits per heavy atom. The van der Waals surface area contributed by atoms with Gasteiger partial charge in [0.25, 0.3) is 0 Å². The zero-order valence-electron chi connectivity index (χ0n) is 9.52. The molecule has 0 saturated carbocycles. The first kappa shape index (κ1) is 10.3. The Morgan fingerprint density at radius 2 is 2.12 bits per heavy atom. The van der Waals surface area contributed by atoms with Crippen molar-refractivity contribution >= 4 is 5.95 Å². The van der Waals surface area contributed by atoms with Gasteiger partial charge in [-0.15, -0.1) is 5.10 Å². The molecule has 2 aromatic rings. The van der Waals surface area contributed by atoms with Crippen LogP contribution in [0.4, 0.5) is 10.3 Å². The molecular weight excluding hydrogens is 219 g/mol. The summed E-state index contributed by atoms with van der Waals surface area (Å²) in [5, 5.41) is 7.66. The van der Waals surface area contributed by atoms with Gasteiger partial charge in [0, 0.05) is 12.1 Å². The molecule has 0 bridgehead atoms. The lowest BCUT2D eigenvalue weighted by molar-refractivity contribution is 0.452. The number of rotatable bonds is 1. The number of hydrogen-bond donors (Lipinski definition) is 1. The van der Waals surface area contributed by atoms with Gasteiger partial charge in [-0.2, -0.15) is 4.98 Å². The smallest absolute Gasteiger partial charge is 0.221 e. The summed E-state index contributed by atoms with van der Waals surface area (Å²) >= 11 is 0. The first-order valence-electron chi connectivity index (χ1n) is 5.70. The number of benzene rings is 1. The van der Waals surface area contributed by atoms with E-state index in [4.69, 9.17) is 0 Å². The molecule has 88 valence electrons. The fraction of sp³-hybridized carbons (Fsp3) is 0.333. The van der Waals surface area contributed by atoms with Crippen LogP contribution in [0.1, 0.15) is 19.4 Å². The van der Waals surface area contributed by atoms with Crippen molar-refractivity contribution in [2.75, 3.05) is 11.9 Å². The molecule has 1 unspecified atom stereocenters. The van der Waals surface area contributed by atoms with E-state index in [-0.39, 0.29) is 5.82 Å². The predicted octanol–water partition coefficient (Wildman–Crippen LogP) is 2.46. The summed E-state index contributed by atoms with van der Waals surface area (Å²) in [7, 11) is 0. The maximum atomic E-state index is 12.8. The minimum atomic E-state index is -0.246. The van der Waals surface area contributed by atoms with E-state index < -0.39 is 0 Å². The van der Waals surface area contributed by atoms with Crippen molar-refractivity contribution in [3.05, 3.63) is 30.1 Å². The fourth-order valence-electron chi connectivity index (χ4n) is 1.99. The summed E-state index contributed by atoms with van der Waals surface area (Å²) in [5.74, 6) is 1.19. The standard InChI is InChI=1S/C12H13FN4/c1-8-6-7-14-12-15-11(16-17(8)12)9-2-4-10(13)5-3-9/h2-5,8H,6-7H2,1H3,(H,14,15,16). The Balaban J connectivity index is 2.02. The average molecular weight is 232 g/mol. The Bertz CT molecular complexity index is 532. The summed E-state index contributed by atoms with van der Waals surface area (Å²) in [6, 6.07) is 6.59. The summed E-state index contributed by atoms with van der Waals surface area (Å²) in [4.78, 5) is 4.42. The van der Waals surface area contributed by atoms with E-state index in [9.17, 15) is 4.39 Å². The number of nitrogens with zero attached hydrogens (tertiary/aromatic N) is 3. The predicted molar refractivity (Wildman–Crippen MR) is 63.2 cm³/mol. The molecule has 2 heterocycles. The molecule has 0 fully saturated rings. The largest absolute Gasteiger partial charge is 0.354 e. The highest BCUT2D eigenvalue weighted by atomic mass is 19.1. The van der Waals surface area contributed by atoms with Crippen LogP contribution in [0.5, 0.6) is 0 Å². The van der Waals surface area contributed by atoms with Crippen LogP contribution in [0.3, 0.4) is 0 Å². The van der Waals surface area contributed by atoms with E-state index in [2.05, 4.69) is 22.3 Å². The molecule has 3 rings (SSSR count). The number of hydrogen-bond acceptors (Lipinski definition) is 3. The van der Waals surface area contributed by atoms with Crippen LogP contribution in [0, 0.1) is 5.82 Å². The molecule has 17 heavy (non-hydrogen) atoms. The number of halogens is 1. The SMILES string of the molecule is CC1CCNc2nc(-c3ccc(F)cc3)nn21. The van der Waals surface area contributed by atoms with Crippen molar-refractivity contribution in [2.24, 2.45) is 0 Å². The maximum absolute atomic E-state index is 12.8. The van der Waals surface area contributed by atoms with Gasteiger partial charge in [-0.1, -0.05) is 0 Å². The van der Waals surface area contributed by atoms with Gasteiger partial charge in [-0.05, 0) is 37.6 Å². The highest BCUT2D eigenvalue weighted by molar-refractivity contribution is 5.56. The van der Waals surface area contributed by atoms with Gasteiger partial charge in [0.1, 0.15) is 5.82 Å². The first-order chi connectivity index (χ1) is 8.24. The molecule has 1 aliphatic rings. The minimum Gasteiger partial charge on any atom is -0.354 e. The van der Waals surface area contributed by atoms with Crippen LogP contribution in [0.15, 0.2) is 24.3 Å². The van der Waals surface area contributed by atoms with Crippen LogP contribution in [-0.2, 0) is 0 Å². The van der Waals surface area contributed by atoms with E-state index in [1.807, 2.05) is 4.68 Å². The lowest BCUT2D eigenvalue weighted by atomic mass is 10.2. The summed E-state index contributed by atoms with van der Waals surface area (Å²) in [6.07, 6.45) is 1.04. The Kier molecular flexibility index (Phi) is 2.31. The molecule has 0 spiro atoms. The van der Waals surface area contributed by atoms with Gasteiger partial charge in [-0.3, -0.25) is 0 Å². The van der Waals surface area contributed by atoms with E-state index in [1.165, 1.54) is 12.1 Å². The van der Waals surface area contributed by atoms with Crippen molar-refractivity contribution in [3.63, 3.8) is 0 Å². The van der Waals surface area contributed by atoms with Gasteiger partial charge in [0.05, 0.1) is 6.04 Å². The van der Waals surface area contributed by atoms with E-state index >= 15 is 0 Å². The molecule has 0 aliphatic carbocycles. The van der Waals surface area contributed by atoms with Crippen molar-refractivity contribution < 1.29 is 4.39 Å². The Labute approximate surface area is 98.5 Å². The van der Waals surface area contributed by atoms with Gasteiger partial charge in [0.15, 0.2) is 5.82 Å². The molecule has 4 nitrogen and oxygen atoms in total. The van der Waals surface area contributed by atoms with Gasteiger partial charge < -0.3 is 5.32 Å². The molecule has 1 N–H and O–H groups in total. The van der Waals surface area contributed by atoms with Crippen LogP contribution in [0.25, 0.3) is 11.4 Å². The molecule has 0 saturated heterocycles. The second-order valence-electron chi connectivity index (χ2n) is 4.27. The first-order valence-corrected chi connectivity index (χ1v) is 5.70. The third-order valence-corrected chi connectivity index (χ3v) is 3.00. The Hall–Kier alpha value is -1.91. The third-order valence-electron chi connectivity index (χ3n) is 3.00. The van der Waals surface area contributed by atoms with E-state index in [0.29, 0.717) is 11.9 Å². The zero-order valence-corrected chi connectivity index (χ0v) is 9.52. The van der Waals surface area contributed by atoms with Crippen molar-refractivity contribution in [2.45, 2.75) is 19.4 Å². The zero-order chi connectivity index (χ0) is 11.8. The van der Waals surface area contributed by atoms with E-state index in [1.54, 1.807) is 12.1 Å². The quantitative estimate of drug-likeness (QED) is 0.821. The van der Waals surface area contributed by atoms with E-state index in [0.717, 1.165) is 24.5 Å². The van der Waals surface area contributed by atoms with Crippen molar-refractivity contribution in [1.29, 1.82) is 0 Å². The summed E-state index contributed by atoms with van der Waals surface area (Å²) in [6.45, 7) is 3.04. The van der Waals surface area contributed by atoms with Crippen molar-refractivity contribution in [3.8, 4) is 11.4 Å². The number of anilines is 1. The topological polar surface area (TPSA) is 42.7 Å². The molecule has 0 amide bonds. The molecule has 5 heteroatoms. The van der Waals surface area contributed by atoms with Crippen LogP contribution in [-0.4, -0.2) is 21.3 Å². The molecule has 0 radical (unpaired) electrons. The molecule has 1 aromatic heterocycles. The Morgan fingerprint density at radius 3 is 2.82 bits per heavy atom. The minimum absolute atomic E-state index is 0.246. The normalized spacial score (nSPS) is 18.6. The molecule has 1 aliphatic heterocycles.